The maximum Gasteiger partial charge on any atom is 0.258 e. The lowest BCUT2D eigenvalue weighted by molar-refractivity contribution is 0.572. The van der Waals surface area contributed by atoms with Crippen LogP contribution in [0.25, 0.3) is 5.95 Å². The molecule has 3 N–H and O–H groups in total. The fourth-order valence-electron chi connectivity index (χ4n) is 1.97. The second-order valence-corrected chi connectivity index (χ2v) is 5.88. The summed E-state index contributed by atoms with van der Waals surface area (Å²) in [6, 6.07) is 0. The van der Waals surface area contributed by atoms with Crippen LogP contribution in [0, 0.1) is 0 Å². The van der Waals surface area contributed by atoms with Gasteiger partial charge in [-0.1, -0.05) is 13.8 Å². The number of nitrogens with zero attached hydrogens (tertiary/aromatic N) is 6. The Kier molecular flexibility index (Phi) is 4.94. The highest BCUT2D eigenvalue weighted by molar-refractivity contribution is 8.00. The predicted molar refractivity (Wildman–Crippen MR) is 84.5 cm³/mol. The molecule has 114 valence electrons. The van der Waals surface area contributed by atoms with Gasteiger partial charge in [0.1, 0.15) is 12.7 Å². The van der Waals surface area contributed by atoms with E-state index in [9.17, 15) is 0 Å². The lowest BCUT2D eigenvalue weighted by atomic mass is 10.0. The van der Waals surface area contributed by atoms with E-state index in [0.29, 0.717) is 11.9 Å². The summed E-state index contributed by atoms with van der Waals surface area (Å²) in [6.07, 6.45) is 7.18. The smallest absolute Gasteiger partial charge is 0.258 e. The van der Waals surface area contributed by atoms with Crippen LogP contribution < -0.4 is 11.1 Å². The molecule has 2 heterocycles. The summed E-state index contributed by atoms with van der Waals surface area (Å²) in [6.45, 7) is 5.13. The molecule has 0 aliphatic heterocycles. The largest absolute Gasteiger partial charge is 0.368 e. The second kappa shape index (κ2) is 6.70. The first kappa shape index (κ1) is 15.5. The van der Waals surface area contributed by atoms with Crippen molar-refractivity contribution in [1.29, 1.82) is 0 Å². The molecule has 0 spiro atoms. The standard InChI is InChI=1S/C12H20N8S/c1-4-12(5-2,21-3)6-15-10-17-9(13)18-11(19-10)20-8-14-7-16-20/h7-8H,4-6H2,1-3H3,(H3,13,15,17,18,19). The van der Waals surface area contributed by atoms with E-state index in [1.165, 1.54) is 17.3 Å². The van der Waals surface area contributed by atoms with Gasteiger partial charge < -0.3 is 11.1 Å². The zero-order valence-electron chi connectivity index (χ0n) is 12.4. The van der Waals surface area contributed by atoms with Crippen molar-refractivity contribution >= 4 is 23.7 Å². The highest BCUT2D eigenvalue weighted by Crippen LogP contribution is 2.30. The van der Waals surface area contributed by atoms with Gasteiger partial charge in [0.2, 0.25) is 11.9 Å². The van der Waals surface area contributed by atoms with Crippen LogP contribution in [-0.2, 0) is 0 Å². The fraction of sp³-hybridized carbons (Fsp3) is 0.583. The van der Waals surface area contributed by atoms with Crippen LogP contribution in [0.1, 0.15) is 26.7 Å². The summed E-state index contributed by atoms with van der Waals surface area (Å²) < 4.78 is 1.61. The van der Waals surface area contributed by atoms with Gasteiger partial charge >= 0.3 is 0 Å². The molecule has 0 unspecified atom stereocenters. The Morgan fingerprint density at radius 2 is 2.05 bits per heavy atom. The topological polar surface area (TPSA) is 107 Å². The van der Waals surface area contributed by atoms with Gasteiger partial charge in [-0.05, 0) is 19.1 Å². The Balaban J connectivity index is 2.17. The third-order valence-corrected chi connectivity index (χ3v) is 5.14. The molecule has 0 aromatic carbocycles. The van der Waals surface area contributed by atoms with Crippen molar-refractivity contribution < 1.29 is 0 Å². The number of anilines is 2. The van der Waals surface area contributed by atoms with Crippen molar-refractivity contribution in [2.75, 3.05) is 23.9 Å². The molecule has 0 saturated carbocycles. The van der Waals surface area contributed by atoms with Gasteiger partial charge in [0.15, 0.2) is 0 Å². The monoisotopic (exact) mass is 308 g/mol. The maximum absolute atomic E-state index is 5.73. The summed E-state index contributed by atoms with van der Waals surface area (Å²) in [7, 11) is 0. The SMILES string of the molecule is CCC(CC)(CNc1nc(N)nc(-n2cncn2)n1)SC. The Labute approximate surface area is 128 Å². The second-order valence-electron chi connectivity index (χ2n) is 4.61. The van der Waals surface area contributed by atoms with Gasteiger partial charge in [-0.3, -0.25) is 0 Å². The van der Waals surface area contributed by atoms with E-state index in [1.807, 2.05) is 11.8 Å². The van der Waals surface area contributed by atoms with Crippen LogP contribution in [-0.4, -0.2) is 47.3 Å². The Bertz CT molecular complexity index is 558. The summed E-state index contributed by atoms with van der Waals surface area (Å²) in [5.74, 6) is 0.958. The molecular formula is C12H20N8S. The Hall–Kier alpha value is -1.90. The van der Waals surface area contributed by atoms with Crippen LogP contribution in [0.4, 0.5) is 11.9 Å². The van der Waals surface area contributed by atoms with Crippen molar-refractivity contribution in [2.45, 2.75) is 31.4 Å². The molecule has 21 heavy (non-hydrogen) atoms. The molecule has 0 atom stereocenters. The molecule has 0 saturated heterocycles. The number of nitrogen functional groups attached to an aromatic ring is 1. The number of thioether (sulfide) groups is 1. The average Bonchev–Trinajstić information content (AvgIpc) is 3.03. The van der Waals surface area contributed by atoms with Crippen molar-refractivity contribution in [3.05, 3.63) is 12.7 Å². The molecule has 0 amide bonds. The first-order valence-corrected chi connectivity index (χ1v) is 8.00. The zero-order valence-corrected chi connectivity index (χ0v) is 13.3. The number of hydrogen-bond acceptors (Lipinski definition) is 8. The normalized spacial score (nSPS) is 11.6. The molecule has 0 bridgehead atoms. The van der Waals surface area contributed by atoms with Crippen molar-refractivity contribution in [2.24, 2.45) is 0 Å². The van der Waals surface area contributed by atoms with Crippen molar-refractivity contribution in [3.63, 3.8) is 0 Å². The third-order valence-electron chi connectivity index (χ3n) is 3.55. The first-order chi connectivity index (χ1) is 10.1. The van der Waals surface area contributed by atoms with Crippen molar-refractivity contribution in [1.82, 2.24) is 29.7 Å². The molecule has 0 fully saturated rings. The van der Waals surface area contributed by atoms with Crippen LogP contribution in [0.5, 0.6) is 0 Å². The highest BCUT2D eigenvalue weighted by atomic mass is 32.2. The minimum Gasteiger partial charge on any atom is -0.368 e. The van der Waals surface area contributed by atoms with Gasteiger partial charge in [-0.2, -0.15) is 36.5 Å². The van der Waals surface area contributed by atoms with Crippen LogP contribution in [0.2, 0.25) is 0 Å². The van der Waals surface area contributed by atoms with Crippen LogP contribution >= 0.6 is 11.8 Å². The molecule has 0 aliphatic carbocycles. The van der Waals surface area contributed by atoms with E-state index < -0.39 is 0 Å². The summed E-state index contributed by atoms with van der Waals surface area (Å²) in [5, 5.41) is 7.25. The van der Waals surface area contributed by atoms with Gasteiger partial charge in [0.05, 0.1) is 0 Å². The lowest BCUT2D eigenvalue weighted by Gasteiger charge is -2.29. The van der Waals surface area contributed by atoms with Gasteiger partial charge in [-0.25, -0.2) is 4.98 Å². The van der Waals surface area contributed by atoms with E-state index in [2.05, 4.69) is 50.5 Å². The van der Waals surface area contributed by atoms with E-state index in [4.69, 9.17) is 5.73 Å². The Morgan fingerprint density at radius 1 is 1.29 bits per heavy atom. The molecule has 2 rings (SSSR count). The maximum atomic E-state index is 5.73. The number of rotatable bonds is 7. The molecular weight excluding hydrogens is 288 g/mol. The van der Waals surface area contributed by atoms with E-state index in [-0.39, 0.29) is 10.7 Å². The molecule has 0 radical (unpaired) electrons. The van der Waals surface area contributed by atoms with E-state index >= 15 is 0 Å². The molecule has 2 aromatic rings. The van der Waals surface area contributed by atoms with Crippen LogP contribution in [0.15, 0.2) is 12.7 Å². The highest BCUT2D eigenvalue weighted by Gasteiger charge is 2.25. The zero-order chi connectivity index (χ0) is 15.3. The van der Waals surface area contributed by atoms with Crippen LogP contribution in [0.3, 0.4) is 0 Å². The lowest BCUT2D eigenvalue weighted by Crippen LogP contribution is -2.32. The molecule has 9 heteroatoms. The summed E-state index contributed by atoms with van der Waals surface area (Å²) in [5.41, 5.74) is 5.73. The van der Waals surface area contributed by atoms with Gasteiger partial charge in [0.25, 0.3) is 5.95 Å². The number of hydrogen-bond donors (Lipinski definition) is 2. The van der Waals surface area contributed by atoms with Gasteiger partial charge in [0, 0.05) is 11.3 Å². The fourth-order valence-corrected chi connectivity index (χ4v) is 2.77. The summed E-state index contributed by atoms with van der Waals surface area (Å²) >= 11 is 1.85. The number of aromatic nitrogens is 6. The molecule has 0 aliphatic rings. The third kappa shape index (κ3) is 3.60. The quantitative estimate of drug-likeness (QED) is 0.789. The first-order valence-electron chi connectivity index (χ1n) is 6.78. The molecule has 8 nitrogen and oxygen atoms in total. The van der Waals surface area contributed by atoms with E-state index in [0.717, 1.165) is 19.4 Å². The number of nitrogens with one attached hydrogen (secondary N) is 1. The predicted octanol–water partition coefficient (Wildman–Crippen LogP) is 1.37. The minimum absolute atomic E-state index is 0.153. The minimum atomic E-state index is 0.153. The van der Waals surface area contributed by atoms with Crippen molar-refractivity contribution in [3.8, 4) is 5.95 Å². The van der Waals surface area contributed by atoms with Gasteiger partial charge in [-0.15, -0.1) is 0 Å². The van der Waals surface area contributed by atoms with E-state index in [1.54, 1.807) is 0 Å². The Morgan fingerprint density at radius 3 is 2.62 bits per heavy atom. The average molecular weight is 308 g/mol. The molecule has 2 aromatic heterocycles. The summed E-state index contributed by atoms with van der Waals surface area (Å²) in [4.78, 5) is 16.4. The number of nitrogens with two attached hydrogens (primary N) is 1.